The lowest BCUT2D eigenvalue weighted by Gasteiger charge is -2.29. The Hall–Kier alpha value is -0.273. The molecule has 3 nitrogen and oxygen atoms in total. The number of unbranched alkanes of at least 4 members (excludes halogenated alkanes) is 16. The third kappa shape index (κ3) is 22.3. The van der Waals surface area contributed by atoms with Gasteiger partial charge in [-0.25, -0.2) is 4.39 Å². The molecule has 0 spiro atoms. The highest BCUT2D eigenvalue weighted by molar-refractivity contribution is 9.10. The van der Waals surface area contributed by atoms with Gasteiger partial charge in [-0.15, -0.1) is 0 Å². The van der Waals surface area contributed by atoms with Gasteiger partial charge in [0.15, 0.2) is 8.32 Å². The predicted molar refractivity (Wildman–Crippen MR) is 176 cm³/mol. The number of benzene rings is 1. The zero-order chi connectivity index (χ0) is 29.3. The molecule has 1 rings (SSSR count). The lowest BCUT2D eigenvalue weighted by molar-refractivity contribution is -0.0160. The largest absolute Gasteiger partial charge is 0.410 e. The number of hydrogen-bond donors (Lipinski definition) is 0. The molecule has 0 fully saturated rings. The zero-order valence-corrected chi connectivity index (χ0v) is 29.1. The first kappa shape index (κ1) is 37.8. The summed E-state index contributed by atoms with van der Waals surface area (Å²) in [5.41, 5.74) is 0.821. The Morgan fingerprint density at radius 3 is 1.70 bits per heavy atom. The van der Waals surface area contributed by atoms with Crippen LogP contribution in [0.3, 0.4) is 0 Å². The number of ether oxygens (including phenoxy) is 2. The van der Waals surface area contributed by atoms with Gasteiger partial charge in [-0.05, 0) is 49.3 Å². The molecule has 0 amide bonds. The van der Waals surface area contributed by atoms with Crippen LogP contribution in [0.2, 0.25) is 19.1 Å². The molecule has 1 atom stereocenters. The molecule has 0 unspecified atom stereocenters. The van der Waals surface area contributed by atoms with Gasteiger partial charge in [0.25, 0.3) is 0 Å². The van der Waals surface area contributed by atoms with Gasteiger partial charge in [0.2, 0.25) is 0 Å². The molecule has 0 aromatic heterocycles. The van der Waals surface area contributed by atoms with Crippen molar-refractivity contribution in [3.63, 3.8) is 0 Å². The highest BCUT2D eigenvalue weighted by Gasteiger charge is 2.26. The highest BCUT2D eigenvalue weighted by atomic mass is 79.9. The van der Waals surface area contributed by atoms with E-state index in [1.54, 1.807) is 0 Å². The van der Waals surface area contributed by atoms with Crippen molar-refractivity contribution < 1.29 is 18.3 Å². The fourth-order valence-corrected chi connectivity index (χ4v) is 8.07. The van der Waals surface area contributed by atoms with Crippen molar-refractivity contribution in [2.75, 3.05) is 19.8 Å². The Morgan fingerprint density at radius 2 is 1.18 bits per heavy atom. The molecule has 0 aliphatic carbocycles. The SMILES string of the molecule is CCCCCCCCCCCCCCCCCCOC[C@H](COCc1cc(F)cc(Br)c1)O[Si](C)(C)CCCC. The third-order valence-electron chi connectivity index (χ3n) is 7.56. The monoisotopic (exact) mass is 644 g/mol. The Labute approximate surface area is 257 Å². The molecule has 0 aliphatic rings. The van der Waals surface area contributed by atoms with E-state index in [0.29, 0.717) is 19.8 Å². The van der Waals surface area contributed by atoms with Gasteiger partial charge in [0.05, 0.1) is 25.9 Å². The lowest BCUT2D eigenvalue weighted by atomic mass is 10.0. The van der Waals surface area contributed by atoms with E-state index in [2.05, 4.69) is 42.9 Å². The first-order valence-corrected chi connectivity index (χ1v) is 20.6. The van der Waals surface area contributed by atoms with Crippen LogP contribution in [0.15, 0.2) is 22.7 Å². The minimum absolute atomic E-state index is 0.0726. The van der Waals surface area contributed by atoms with E-state index in [4.69, 9.17) is 13.9 Å². The molecule has 1 aromatic rings. The van der Waals surface area contributed by atoms with E-state index < -0.39 is 8.32 Å². The van der Waals surface area contributed by atoms with Crippen LogP contribution in [0.5, 0.6) is 0 Å². The first-order chi connectivity index (χ1) is 19.4. The summed E-state index contributed by atoms with van der Waals surface area (Å²) in [6.45, 7) is 11.3. The fraction of sp³-hybridized carbons (Fsp3) is 0.824. The van der Waals surface area contributed by atoms with E-state index in [0.717, 1.165) is 29.1 Å². The summed E-state index contributed by atoms with van der Waals surface area (Å²) in [6.07, 6.45) is 24.3. The zero-order valence-electron chi connectivity index (χ0n) is 26.6. The Morgan fingerprint density at radius 1 is 0.675 bits per heavy atom. The van der Waals surface area contributed by atoms with E-state index >= 15 is 0 Å². The Kier molecular flexibility index (Phi) is 23.8. The average Bonchev–Trinajstić information content (AvgIpc) is 2.90. The van der Waals surface area contributed by atoms with E-state index in [9.17, 15) is 4.39 Å². The summed E-state index contributed by atoms with van der Waals surface area (Å²) >= 11 is 3.36. The maximum atomic E-state index is 13.7. The van der Waals surface area contributed by atoms with Gasteiger partial charge in [-0.1, -0.05) is 139 Å². The fourth-order valence-electron chi connectivity index (χ4n) is 5.20. The molecular formula is C34H62BrFO3Si. The number of halogens is 2. The Bertz CT molecular complexity index is 698. The topological polar surface area (TPSA) is 27.7 Å². The summed E-state index contributed by atoms with van der Waals surface area (Å²) in [5.74, 6) is -0.254. The van der Waals surface area contributed by atoms with Crippen molar-refractivity contribution in [3.8, 4) is 0 Å². The number of rotatable bonds is 28. The van der Waals surface area contributed by atoms with Crippen molar-refractivity contribution in [2.24, 2.45) is 0 Å². The lowest BCUT2D eigenvalue weighted by Crippen LogP contribution is -2.39. The van der Waals surface area contributed by atoms with Crippen LogP contribution in [0.4, 0.5) is 4.39 Å². The summed E-state index contributed by atoms with van der Waals surface area (Å²) in [4.78, 5) is 0. The van der Waals surface area contributed by atoms with Crippen LogP contribution >= 0.6 is 15.9 Å². The smallest absolute Gasteiger partial charge is 0.187 e. The summed E-state index contributed by atoms with van der Waals surface area (Å²) in [7, 11) is -1.78. The predicted octanol–water partition coefficient (Wildman–Crippen LogP) is 11.8. The van der Waals surface area contributed by atoms with E-state index in [-0.39, 0.29) is 11.9 Å². The molecule has 0 heterocycles. The molecule has 0 aliphatic heterocycles. The molecule has 0 bridgehead atoms. The summed E-state index contributed by atoms with van der Waals surface area (Å²) in [6, 6.07) is 6.03. The van der Waals surface area contributed by atoms with Crippen LogP contribution < -0.4 is 0 Å². The molecule has 0 N–H and O–H groups in total. The molecule has 0 saturated carbocycles. The second-order valence-electron chi connectivity index (χ2n) is 12.3. The molecular weight excluding hydrogens is 583 g/mol. The standard InChI is InChI=1S/C34H62BrFO3Si/c1-5-7-9-10-11-12-13-14-15-16-17-18-19-20-21-22-23-37-29-34(39-40(3,4)24-8-6-2)30-38-28-31-25-32(35)27-33(36)26-31/h25-27,34H,5-24,28-30H2,1-4H3/t34-/m1/s1. The van der Waals surface area contributed by atoms with Crippen LogP contribution in [0, 0.1) is 5.82 Å². The molecule has 0 saturated heterocycles. The normalized spacial score (nSPS) is 12.8. The molecule has 0 radical (unpaired) electrons. The van der Waals surface area contributed by atoms with Crippen LogP contribution in [0.25, 0.3) is 0 Å². The van der Waals surface area contributed by atoms with Crippen molar-refractivity contribution in [1.82, 2.24) is 0 Å². The van der Waals surface area contributed by atoms with Gasteiger partial charge in [0, 0.05) is 11.1 Å². The van der Waals surface area contributed by atoms with Gasteiger partial charge in [0.1, 0.15) is 5.82 Å². The van der Waals surface area contributed by atoms with Crippen LogP contribution in [-0.4, -0.2) is 34.2 Å². The maximum absolute atomic E-state index is 13.7. The minimum Gasteiger partial charge on any atom is -0.410 e. The van der Waals surface area contributed by atoms with E-state index in [1.165, 1.54) is 121 Å². The van der Waals surface area contributed by atoms with Crippen molar-refractivity contribution in [1.29, 1.82) is 0 Å². The third-order valence-corrected chi connectivity index (χ3v) is 10.5. The second kappa shape index (κ2) is 25.2. The molecule has 6 heteroatoms. The highest BCUT2D eigenvalue weighted by Crippen LogP contribution is 2.20. The number of hydrogen-bond acceptors (Lipinski definition) is 3. The van der Waals surface area contributed by atoms with Gasteiger partial charge >= 0.3 is 0 Å². The quantitative estimate of drug-likeness (QED) is 0.0670. The molecule has 1 aromatic carbocycles. The van der Waals surface area contributed by atoms with Gasteiger partial charge < -0.3 is 13.9 Å². The molecule has 40 heavy (non-hydrogen) atoms. The summed E-state index contributed by atoms with van der Waals surface area (Å²) in [5, 5.41) is 0. The first-order valence-electron chi connectivity index (χ1n) is 16.6. The van der Waals surface area contributed by atoms with Crippen molar-refractivity contribution in [3.05, 3.63) is 34.1 Å². The van der Waals surface area contributed by atoms with Crippen molar-refractivity contribution >= 4 is 24.2 Å². The Balaban J connectivity index is 2.13. The van der Waals surface area contributed by atoms with Gasteiger partial charge in [-0.2, -0.15) is 0 Å². The van der Waals surface area contributed by atoms with Crippen molar-refractivity contribution in [2.45, 2.75) is 161 Å². The summed E-state index contributed by atoms with van der Waals surface area (Å²) < 4.78 is 33.0. The average molecular weight is 646 g/mol. The second-order valence-corrected chi connectivity index (χ2v) is 17.4. The van der Waals surface area contributed by atoms with E-state index in [1.807, 2.05) is 6.07 Å². The minimum atomic E-state index is -1.78. The molecule has 234 valence electrons. The van der Waals surface area contributed by atoms with Crippen LogP contribution in [-0.2, 0) is 20.5 Å². The van der Waals surface area contributed by atoms with Crippen LogP contribution in [0.1, 0.15) is 135 Å². The van der Waals surface area contributed by atoms with Gasteiger partial charge in [-0.3, -0.25) is 0 Å². The maximum Gasteiger partial charge on any atom is 0.187 e.